The molecule has 1 fully saturated rings. The van der Waals surface area contributed by atoms with Crippen LogP contribution in [-0.4, -0.2) is 30.5 Å². The standard InChI is InChI=1S/C25H23ClF3NO5/c1-14-10-17(11-15(2)21(14)26)34-23-22(32)18-7-6-16(12-19(18)35-24(23)25(27,28)29)33-13-20(31)30-8-4-3-5-9-30/h6-7,10-12H,3-5,8-9,13H2,1-2H3. The van der Waals surface area contributed by atoms with E-state index < -0.39 is 23.1 Å². The topological polar surface area (TPSA) is 69.0 Å². The van der Waals surface area contributed by atoms with Crippen LogP contribution in [0, 0.1) is 13.8 Å². The lowest BCUT2D eigenvalue weighted by Gasteiger charge is -2.26. The fourth-order valence-electron chi connectivity index (χ4n) is 3.99. The van der Waals surface area contributed by atoms with Crippen LogP contribution in [0.4, 0.5) is 13.2 Å². The molecule has 0 saturated carbocycles. The third kappa shape index (κ3) is 5.40. The molecule has 35 heavy (non-hydrogen) atoms. The van der Waals surface area contributed by atoms with Gasteiger partial charge in [-0.3, -0.25) is 9.59 Å². The molecule has 6 nitrogen and oxygen atoms in total. The zero-order chi connectivity index (χ0) is 25.3. The predicted octanol–water partition coefficient (Wildman–Crippen LogP) is 6.27. The van der Waals surface area contributed by atoms with E-state index in [0.29, 0.717) is 29.2 Å². The number of carbonyl (C=O) groups excluding carboxylic acids is 1. The van der Waals surface area contributed by atoms with E-state index in [0.717, 1.165) is 25.3 Å². The summed E-state index contributed by atoms with van der Waals surface area (Å²) >= 11 is 6.12. The summed E-state index contributed by atoms with van der Waals surface area (Å²) in [5.74, 6) is -2.61. The highest BCUT2D eigenvalue weighted by atomic mass is 35.5. The maximum absolute atomic E-state index is 13.8. The van der Waals surface area contributed by atoms with Crippen LogP contribution in [0.5, 0.6) is 17.2 Å². The minimum Gasteiger partial charge on any atom is -0.484 e. The van der Waals surface area contributed by atoms with Gasteiger partial charge in [0.25, 0.3) is 11.7 Å². The molecule has 0 aliphatic carbocycles. The van der Waals surface area contributed by atoms with Crippen LogP contribution in [0.15, 0.2) is 39.5 Å². The van der Waals surface area contributed by atoms with E-state index in [-0.39, 0.29) is 35.0 Å². The van der Waals surface area contributed by atoms with Gasteiger partial charge in [-0.1, -0.05) is 11.6 Å². The Morgan fingerprint density at radius 2 is 1.71 bits per heavy atom. The molecule has 1 aliphatic heterocycles. The van der Waals surface area contributed by atoms with E-state index in [4.69, 9.17) is 25.5 Å². The van der Waals surface area contributed by atoms with Crippen molar-refractivity contribution in [1.29, 1.82) is 0 Å². The Labute approximate surface area is 204 Å². The van der Waals surface area contributed by atoms with Gasteiger partial charge in [0.15, 0.2) is 6.61 Å². The molecular weight excluding hydrogens is 487 g/mol. The van der Waals surface area contributed by atoms with Crippen molar-refractivity contribution in [2.24, 2.45) is 0 Å². The molecule has 10 heteroatoms. The van der Waals surface area contributed by atoms with E-state index >= 15 is 0 Å². The molecule has 0 spiro atoms. The van der Waals surface area contributed by atoms with Crippen LogP contribution in [0.25, 0.3) is 11.0 Å². The van der Waals surface area contributed by atoms with Crippen molar-refractivity contribution in [3.05, 3.63) is 62.5 Å². The van der Waals surface area contributed by atoms with Crippen LogP contribution < -0.4 is 14.9 Å². The number of fused-ring (bicyclic) bond motifs is 1. The predicted molar refractivity (Wildman–Crippen MR) is 124 cm³/mol. The number of ether oxygens (including phenoxy) is 2. The molecule has 1 aromatic heterocycles. The Balaban J connectivity index is 1.66. The second-order valence-electron chi connectivity index (χ2n) is 8.45. The third-order valence-electron chi connectivity index (χ3n) is 5.78. The molecule has 1 saturated heterocycles. The summed E-state index contributed by atoms with van der Waals surface area (Å²) in [5.41, 5.74) is -0.150. The Morgan fingerprint density at radius 1 is 1.06 bits per heavy atom. The highest BCUT2D eigenvalue weighted by Gasteiger charge is 2.40. The van der Waals surface area contributed by atoms with E-state index in [9.17, 15) is 22.8 Å². The summed E-state index contributed by atoms with van der Waals surface area (Å²) in [7, 11) is 0. The van der Waals surface area contributed by atoms with Gasteiger partial charge in [0.05, 0.1) is 5.39 Å². The largest absolute Gasteiger partial charge is 0.484 e. The van der Waals surface area contributed by atoms with Gasteiger partial charge in [0, 0.05) is 24.2 Å². The number of likely N-dealkylation sites (tertiary alicyclic amines) is 1. The number of carbonyl (C=O) groups is 1. The first-order valence-electron chi connectivity index (χ1n) is 11.1. The molecule has 1 aliphatic rings. The van der Waals surface area contributed by atoms with Crippen molar-refractivity contribution in [3.8, 4) is 17.2 Å². The number of benzene rings is 2. The first-order chi connectivity index (χ1) is 16.5. The lowest BCUT2D eigenvalue weighted by molar-refractivity contribution is -0.154. The molecule has 0 bridgehead atoms. The lowest BCUT2D eigenvalue weighted by atomic mass is 10.1. The average molecular weight is 510 g/mol. The minimum atomic E-state index is -5.00. The molecule has 2 heterocycles. The number of halogens is 4. The monoisotopic (exact) mass is 509 g/mol. The molecule has 0 radical (unpaired) electrons. The Hall–Kier alpha value is -3.20. The lowest BCUT2D eigenvalue weighted by Crippen LogP contribution is -2.38. The van der Waals surface area contributed by atoms with Crippen molar-refractivity contribution in [2.45, 2.75) is 39.3 Å². The Bertz CT molecular complexity index is 1310. The van der Waals surface area contributed by atoms with Gasteiger partial charge < -0.3 is 18.8 Å². The van der Waals surface area contributed by atoms with Crippen molar-refractivity contribution < 1.29 is 31.9 Å². The number of nitrogens with zero attached hydrogens (tertiary/aromatic N) is 1. The average Bonchev–Trinajstić information content (AvgIpc) is 2.82. The molecule has 186 valence electrons. The molecule has 0 atom stereocenters. The van der Waals surface area contributed by atoms with E-state index in [1.165, 1.54) is 24.3 Å². The smallest absolute Gasteiger partial charge is 0.453 e. The second kappa shape index (κ2) is 9.81. The van der Waals surface area contributed by atoms with Crippen LogP contribution in [0.1, 0.15) is 36.1 Å². The fraction of sp³-hybridized carbons (Fsp3) is 0.360. The van der Waals surface area contributed by atoms with E-state index in [1.54, 1.807) is 18.7 Å². The number of alkyl halides is 3. The second-order valence-corrected chi connectivity index (χ2v) is 8.83. The van der Waals surface area contributed by atoms with Gasteiger partial charge in [0.1, 0.15) is 17.1 Å². The minimum absolute atomic E-state index is 0.0257. The molecule has 0 N–H and O–H groups in total. The summed E-state index contributed by atoms with van der Waals surface area (Å²) in [4.78, 5) is 27.0. The van der Waals surface area contributed by atoms with Crippen molar-refractivity contribution in [1.82, 2.24) is 4.90 Å². The van der Waals surface area contributed by atoms with Crippen LogP contribution >= 0.6 is 11.6 Å². The Morgan fingerprint density at radius 3 is 2.34 bits per heavy atom. The van der Waals surface area contributed by atoms with Crippen LogP contribution in [0.3, 0.4) is 0 Å². The number of hydrogen-bond acceptors (Lipinski definition) is 5. The highest BCUT2D eigenvalue weighted by Crippen LogP contribution is 2.39. The van der Waals surface area contributed by atoms with E-state index in [1.807, 2.05) is 0 Å². The summed E-state index contributed by atoms with van der Waals surface area (Å²) in [6, 6.07) is 6.73. The first kappa shape index (κ1) is 24.9. The zero-order valence-electron chi connectivity index (χ0n) is 19.1. The van der Waals surface area contributed by atoms with Gasteiger partial charge in [0.2, 0.25) is 11.2 Å². The summed E-state index contributed by atoms with van der Waals surface area (Å²) < 4.78 is 57.5. The van der Waals surface area contributed by atoms with Crippen molar-refractivity contribution in [2.75, 3.05) is 19.7 Å². The van der Waals surface area contributed by atoms with Gasteiger partial charge in [-0.25, -0.2) is 0 Å². The van der Waals surface area contributed by atoms with Crippen LogP contribution in [-0.2, 0) is 11.0 Å². The van der Waals surface area contributed by atoms with E-state index in [2.05, 4.69) is 0 Å². The number of rotatable bonds is 5. The SMILES string of the molecule is Cc1cc(Oc2c(C(F)(F)F)oc3cc(OCC(=O)N4CCCCC4)ccc3c2=O)cc(C)c1Cl. The van der Waals surface area contributed by atoms with Crippen molar-refractivity contribution in [3.63, 3.8) is 0 Å². The summed E-state index contributed by atoms with van der Waals surface area (Å²) in [6.45, 7) is 4.39. The van der Waals surface area contributed by atoms with Crippen LogP contribution in [0.2, 0.25) is 5.02 Å². The normalized spacial score (nSPS) is 14.3. The molecule has 1 amide bonds. The van der Waals surface area contributed by atoms with Gasteiger partial charge >= 0.3 is 6.18 Å². The summed E-state index contributed by atoms with van der Waals surface area (Å²) in [5, 5.41) is 0.329. The fourth-order valence-corrected chi connectivity index (χ4v) is 4.10. The molecular formula is C25H23ClF3NO5. The first-order valence-corrected chi connectivity index (χ1v) is 11.5. The van der Waals surface area contributed by atoms with Gasteiger partial charge in [-0.2, -0.15) is 13.2 Å². The maximum Gasteiger partial charge on any atom is 0.453 e. The molecule has 3 aromatic rings. The maximum atomic E-state index is 13.8. The number of piperidine rings is 1. The summed E-state index contributed by atoms with van der Waals surface area (Å²) in [6.07, 6.45) is -2.08. The number of aryl methyl sites for hydroxylation is 2. The number of amides is 1. The van der Waals surface area contributed by atoms with Gasteiger partial charge in [-0.15, -0.1) is 0 Å². The van der Waals surface area contributed by atoms with Gasteiger partial charge in [-0.05, 0) is 68.5 Å². The molecule has 0 unspecified atom stereocenters. The quantitative estimate of drug-likeness (QED) is 0.406. The Kier molecular flexibility index (Phi) is 6.98. The van der Waals surface area contributed by atoms with Crippen molar-refractivity contribution >= 4 is 28.5 Å². The number of hydrogen-bond donors (Lipinski definition) is 0. The highest BCUT2D eigenvalue weighted by molar-refractivity contribution is 6.32. The third-order valence-corrected chi connectivity index (χ3v) is 6.38. The molecule has 2 aromatic carbocycles. The molecule has 4 rings (SSSR count). The zero-order valence-corrected chi connectivity index (χ0v) is 19.9.